The van der Waals surface area contributed by atoms with Gasteiger partial charge in [0.05, 0.1) is 5.56 Å². The van der Waals surface area contributed by atoms with Gasteiger partial charge in [-0.05, 0) is 12.1 Å². The maximum Gasteiger partial charge on any atom is 0.308 e. The van der Waals surface area contributed by atoms with Gasteiger partial charge in [0, 0.05) is 20.0 Å². The molecule has 0 bridgehead atoms. The van der Waals surface area contributed by atoms with Crippen molar-refractivity contribution in [3.63, 3.8) is 0 Å². The van der Waals surface area contributed by atoms with Crippen molar-refractivity contribution in [2.75, 3.05) is 13.1 Å². The molecule has 0 heterocycles. The van der Waals surface area contributed by atoms with Gasteiger partial charge in [0.1, 0.15) is 5.75 Å². The third-order valence-corrected chi connectivity index (χ3v) is 2.36. The number of para-hydroxylation sites is 1. The maximum atomic E-state index is 12.4. The predicted molar refractivity (Wildman–Crippen MR) is 74.0 cm³/mol. The van der Waals surface area contributed by atoms with Gasteiger partial charge in [-0.2, -0.15) is 0 Å². The molecule has 1 aromatic rings. The zero-order valence-electron chi connectivity index (χ0n) is 11.0. The minimum atomic E-state index is -0.459. The average Bonchev–Trinajstić information content (AvgIpc) is 2.38. The van der Waals surface area contributed by atoms with E-state index in [0.717, 1.165) is 0 Å². The maximum absolute atomic E-state index is 12.4. The van der Waals surface area contributed by atoms with Gasteiger partial charge in [-0.15, -0.1) is 13.2 Å². The fourth-order valence-electron chi connectivity index (χ4n) is 1.61. The van der Waals surface area contributed by atoms with E-state index in [1.54, 1.807) is 41.3 Å². The van der Waals surface area contributed by atoms with Gasteiger partial charge >= 0.3 is 5.97 Å². The number of hydrogen-bond acceptors (Lipinski definition) is 3. The second-order valence-electron chi connectivity index (χ2n) is 3.88. The lowest BCUT2D eigenvalue weighted by Gasteiger charge is -2.20. The first-order chi connectivity index (χ1) is 9.10. The molecule has 1 aromatic carbocycles. The molecule has 0 aliphatic rings. The summed E-state index contributed by atoms with van der Waals surface area (Å²) in [6.07, 6.45) is 3.27. The second kappa shape index (κ2) is 7.16. The highest BCUT2D eigenvalue weighted by molar-refractivity contribution is 5.97. The number of amides is 1. The van der Waals surface area contributed by atoms with Crippen molar-refractivity contribution in [1.82, 2.24) is 4.90 Å². The van der Waals surface area contributed by atoms with Crippen molar-refractivity contribution in [2.24, 2.45) is 0 Å². The van der Waals surface area contributed by atoms with Crippen LogP contribution in [0.1, 0.15) is 17.3 Å². The predicted octanol–water partition coefficient (Wildman–Crippen LogP) is 2.43. The molecule has 1 amide bonds. The van der Waals surface area contributed by atoms with Crippen molar-refractivity contribution >= 4 is 11.9 Å². The highest BCUT2D eigenvalue weighted by atomic mass is 16.5. The normalized spacial score (nSPS) is 9.53. The summed E-state index contributed by atoms with van der Waals surface area (Å²) in [7, 11) is 0. The van der Waals surface area contributed by atoms with Crippen molar-refractivity contribution in [2.45, 2.75) is 6.92 Å². The molecule has 19 heavy (non-hydrogen) atoms. The van der Waals surface area contributed by atoms with Crippen molar-refractivity contribution in [1.29, 1.82) is 0 Å². The van der Waals surface area contributed by atoms with E-state index in [9.17, 15) is 9.59 Å². The van der Waals surface area contributed by atoms with Crippen molar-refractivity contribution < 1.29 is 14.3 Å². The van der Waals surface area contributed by atoms with Crippen LogP contribution in [0.25, 0.3) is 0 Å². The lowest BCUT2D eigenvalue weighted by molar-refractivity contribution is -0.131. The number of carbonyl (C=O) groups excluding carboxylic acids is 2. The lowest BCUT2D eigenvalue weighted by atomic mass is 10.1. The van der Waals surface area contributed by atoms with E-state index in [1.165, 1.54) is 6.92 Å². The molecule has 4 heteroatoms. The smallest absolute Gasteiger partial charge is 0.308 e. The Kier molecular flexibility index (Phi) is 5.54. The largest absolute Gasteiger partial charge is 0.426 e. The van der Waals surface area contributed by atoms with Crippen LogP contribution in [0.15, 0.2) is 49.6 Å². The van der Waals surface area contributed by atoms with Gasteiger partial charge in [0.15, 0.2) is 0 Å². The van der Waals surface area contributed by atoms with Crippen LogP contribution < -0.4 is 4.74 Å². The Hall–Kier alpha value is -2.36. The van der Waals surface area contributed by atoms with Gasteiger partial charge < -0.3 is 9.64 Å². The summed E-state index contributed by atoms with van der Waals surface area (Å²) in [6, 6.07) is 6.65. The van der Waals surface area contributed by atoms with Crippen molar-refractivity contribution in [3.8, 4) is 5.75 Å². The summed E-state index contributed by atoms with van der Waals surface area (Å²) in [5.41, 5.74) is 0.349. The Balaban J connectivity index is 3.05. The van der Waals surface area contributed by atoms with Gasteiger partial charge in [0.25, 0.3) is 5.91 Å². The molecular formula is C15H17NO3. The fourth-order valence-corrected chi connectivity index (χ4v) is 1.61. The number of hydrogen-bond donors (Lipinski definition) is 0. The monoisotopic (exact) mass is 259 g/mol. The number of carbonyl (C=O) groups is 2. The molecule has 0 spiro atoms. The van der Waals surface area contributed by atoms with Crippen LogP contribution in [0.2, 0.25) is 0 Å². The van der Waals surface area contributed by atoms with Gasteiger partial charge in [-0.3, -0.25) is 9.59 Å². The SMILES string of the molecule is C=CCN(CC=C)C(=O)c1ccccc1OC(C)=O. The Morgan fingerprint density at radius 1 is 1.21 bits per heavy atom. The lowest BCUT2D eigenvalue weighted by Crippen LogP contribution is -2.31. The Labute approximate surface area is 113 Å². The van der Waals surface area contributed by atoms with Crippen LogP contribution in [0.4, 0.5) is 0 Å². The third-order valence-electron chi connectivity index (χ3n) is 2.36. The van der Waals surface area contributed by atoms with E-state index < -0.39 is 5.97 Å². The summed E-state index contributed by atoms with van der Waals surface area (Å²) in [5.74, 6) is -0.422. The van der Waals surface area contributed by atoms with E-state index in [2.05, 4.69) is 13.2 Å². The van der Waals surface area contributed by atoms with Crippen molar-refractivity contribution in [3.05, 3.63) is 55.1 Å². The van der Waals surface area contributed by atoms with E-state index in [0.29, 0.717) is 18.7 Å². The summed E-state index contributed by atoms with van der Waals surface area (Å²) in [5, 5.41) is 0. The van der Waals surface area contributed by atoms with Crippen LogP contribution in [0.5, 0.6) is 5.75 Å². The highest BCUT2D eigenvalue weighted by Gasteiger charge is 2.18. The molecule has 0 saturated heterocycles. The average molecular weight is 259 g/mol. The number of nitrogens with zero attached hydrogens (tertiary/aromatic N) is 1. The van der Waals surface area contributed by atoms with E-state index in [4.69, 9.17) is 4.74 Å². The molecule has 0 N–H and O–H groups in total. The van der Waals surface area contributed by atoms with Gasteiger partial charge in [-0.1, -0.05) is 24.3 Å². The third kappa shape index (κ3) is 4.10. The van der Waals surface area contributed by atoms with Crippen LogP contribution in [0, 0.1) is 0 Å². The Morgan fingerprint density at radius 2 is 1.79 bits per heavy atom. The molecule has 100 valence electrons. The Morgan fingerprint density at radius 3 is 2.32 bits per heavy atom. The first kappa shape index (κ1) is 14.7. The molecule has 4 nitrogen and oxygen atoms in total. The number of rotatable bonds is 6. The van der Waals surface area contributed by atoms with Crippen LogP contribution in [-0.2, 0) is 4.79 Å². The standard InChI is InChI=1S/C15H17NO3/c1-4-10-16(11-5-2)15(18)13-8-6-7-9-14(13)19-12(3)17/h4-9H,1-2,10-11H2,3H3. The number of esters is 1. The molecule has 0 fully saturated rings. The molecule has 0 radical (unpaired) electrons. The van der Waals surface area contributed by atoms with E-state index >= 15 is 0 Å². The summed E-state index contributed by atoms with van der Waals surface area (Å²) in [4.78, 5) is 25.0. The summed E-state index contributed by atoms with van der Waals surface area (Å²) >= 11 is 0. The Bertz CT molecular complexity index is 484. The summed E-state index contributed by atoms with van der Waals surface area (Å²) < 4.78 is 5.03. The topological polar surface area (TPSA) is 46.6 Å². The molecule has 0 unspecified atom stereocenters. The van der Waals surface area contributed by atoms with Gasteiger partial charge in [-0.25, -0.2) is 0 Å². The second-order valence-corrected chi connectivity index (χ2v) is 3.88. The first-order valence-corrected chi connectivity index (χ1v) is 5.88. The molecule has 0 aliphatic heterocycles. The van der Waals surface area contributed by atoms with E-state index in [-0.39, 0.29) is 11.7 Å². The number of benzene rings is 1. The summed E-state index contributed by atoms with van der Waals surface area (Å²) in [6.45, 7) is 9.33. The fraction of sp³-hybridized carbons (Fsp3) is 0.200. The molecule has 0 saturated carbocycles. The minimum absolute atomic E-state index is 0.225. The van der Waals surface area contributed by atoms with Crippen LogP contribution >= 0.6 is 0 Å². The molecule has 0 atom stereocenters. The zero-order valence-corrected chi connectivity index (χ0v) is 11.0. The number of ether oxygens (including phenoxy) is 1. The highest BCUT2D eigenvalue weighted by Crippen LogP contribution is 2.20. The molecule has 0 aliphatic carbocycles. The zero-order chi connectivity index (χ0) is 14.3. The molecular weight excluding hydrogens is 242 g/mol. The first-order valence-electron chi connectivity index (χ1n) is 5.88. The van der Waals surface area contributed by atoms with Gasteiger partial charge in [0.2, 0.25) is 0 Å². The molecule has 0 aromatic heterocycles. The van der Waals surface area contributed by atoms with Crippen LogP contribution in [-0.4, -0.2) is 29.9 Å². The molecule has 1 rings (SSSR count). The minimum Gasteiger partial charge on any atom is -0.426 e. The van der Waals surface area contributed by atoms with Crippen LogP contribution in [0.3, 0.4) is 0 Å². The quantitative estimate of drug-likeness (QED) is 0.448. The van der Waals surface area contributed by atoms with E-state index in [1.807, 2.05) is 0 Å².